The second-order valence-corrected chi connectivity index (χ2v) is 5.45. The summed E-state index contributed by atoms with van der Waals surface area (Å²) in [5.41, 5.74) is 1.83. The predicted octanol–water partition coefficient (Wildman–Crippen LogP) is 4.28. The number of nitrogens with zero attached hydrogens (tertiary/aromatic N) is 1. The van der Waals surface area contributed by atoms with Gasteiger partial charge in [0, 0.05) is 5.56 Å². The van der Waals surface area contributed by atoms with Gasteiger partial charge in [-0.15, -0.1) is 22.9 Å². The van der Waals surface area contributed by atoms with Crippen molar-refractivity contribution in [1.82, 2.24) is 4.98 Å². The number of hydrogen-bond donors (Lipinski definition) is 0. The molecule has 1 aromatic heterocycles. The molecule has 0 aliphatic carbocycles. The maximum absolute atomic E-state index is 12.5. The Labute approximate surface area is 127 Å². The summed E-state index contributed by atoms with van der Waals surface area (Å²) in [6.07, 6.45) is -4.38. The van der Waals surface area contributed by atoms with Gasteiger partial charge in [-0.3, -0.25) is 4.79 Å². The van der Waals surface area contributed by atoms with Crippen molar-refractivity contribution in [1.29, 1.82) is 0 Å². The van der Waals surface area contributed by atoms with Gasteiger partial charge < -0.3 is 4.74 Å². The fourth-order valence-corrected chi connectivity index (χ4v) is 2.81. The summed E-state index contributed by atoms with van der Waals surface area (Å²) in [6, 6.07) is 4.66. The fourth-order valence-electron chi connectivity index (χ4n) is 1.71. The first-order chi connectivity index (χ1) is 9.93. The summed E-state index contributed by atoms with van der Waals surface area (Å²) >= 11 is 7.34. The van der Waals surface area contributed by atoms with Crippen LogP contribution in [0.3, 0.4) is 0 Å². The molecule has 0 amide bonds. The highest BCUT2D eigenvalue weighted by atomic mass is 35.5. The van der Waals surface area contributed by atoms with E-state index in [0.717, 1.165) is 12.1 Å². The van der Waals surface area contributed by atoms with Crippen LogP contribution in [0.15, 0.2) is 29.8 Å². The molecule has 2 rings (SSSR count). The van der Waals surface area contributed by atoms with Crippen LogP contribution in [0.1, 0.15) is 15.8 Å². The molecule has 1 unspecified atom stereocenters. The molecule has 21 heavy (non-hydrogen) atoms. The van der Waals surface area contributed by atoms with E-state index < -0.39 is 17.1 Å². The third-order valence-corrected chi connectivity index (χ3v) is 4.09. The molecule has 0 radical (unpaired) electrons. The topological polar surface area (TPSA) is 39.2 Å². The lowest BCUT2D eigenvalue weighted by Crippen LogP contribution is -2.04. The maximum Gasteiger partial charge on any atom is 0.416 e. The highest BCUT2D eigenvalue weighted by Crippen LogP contribution is 2.36. The van der Waals surface area contributed by atoms with Gasteiger partial charge in [0.1, 0.15) is 12.0 Å². The van der Waals surface area contributed by atoms with Crippen molar-refractivity contribution in [3.05, 3.63) is 40.2 Å². The first-order valence-corrected chi connectivity index (χ1v) is 7.05. The smallest absolute Gasteiger partial charge is 0.416 e. The van der Waals surface area contributed by atoms with Crippen LogP contribution < -0.4 is 0 Å². The Balaban J connectivity index is 2.27. The van der Waals surface area contributed by atoms with E-state index >= 15 is 0 Å². The van der Waals surface area contributed by atoms with E-state index in [2.05, 4.69) is 9.72 Å². The number of rotatable bonds is 5. The third-order valence-electron chi connectivity index (χ3n) is 2.68. The standard InChI is InChI=1S/C13H9ClF3NO2S/c14-10(5-20-7-19)12-11(18-6-21-12)8-1-3-9(4-2-8)13(15,16)17/h1-4,6-7,10H,5H2. The van der Waals surface area contributed by atoms with Crippen LogP contribution in [0.25, 0.3) is 11.3 Å². The van der Waals surface area contributed by atoms with Crippen molar-refractivity contribution in [2.24, 2.45) is 0 Å². The largest absolute Gasteiger partial charge is 0.466 e. The minimum Gasteiger partial charge on any atom is -0.466 e. The van der Waals surface area contributed by atoms with Crippen molar-refractivity contribution < 1.29 is 22.7 Å². The summed E-state index contributed by atoms with van der Waals surface area (Å²) in [6.45, 7) is 0.259. The van der Waals surface area contributed by atoms with Gasteiger partial charge in [0.05, 0.1) is 21.6 Å². The van der Waals surface area contributed by atoms with Crippen molar-refractivity contribution in [3.63, 3.8) is 0 Å². The minimum atomic E-state index is -4.38. The number of carbonyl (C=O) groups excluding carboxylic acids is 1. The average molecular weight is 336 g/mol. The highest BCUT2D eigenvalue weighted by Gasteiger charge is 2.30. The number of aromatic nitrogens is 1. The van der Waals surface area contributed by atoms with Crippen LogP contribution in [0.2, 0.25) is 0 Å². The third kappa shape index (κ3) is 3.74. The van der Waals surface area contributed by atoms with Crippen molar-refractivity contribution in [3.8, 4) is 11.3 Å². The van der Waals surface area contributed by atoms with Gasteiger partial charge in [-0.25, -0.2) is 4.98 Å². The summed E-state index contributed by atoms with van der Waals surface area (Å²) in [7, 11) is 0. The molecule has 2 aromatic rings. The normalized spacial score (nSPS) is 13.0. The number of thiazole rings is 1. The van der Waals surface area contributed by atoms with E-state index in [1.54, 1.807) is 5.51 Å². The second-order valence-electron chi connectivity index (χ2n) is 4.04. The Morgan fingerprint density at radius 1 is 1.33 bits per heavy atom. The zero-order chi connectivity index (χ0) is 15.5. The van der Waals surface area contributed by atoms with Crippen molar-refractivity contribution >= 4 is 29.4 Å². The molecule has 0 bridgehead atoms. The molecular formula is C13H9ClF3NO2S. The molecule has 8 heteroatoms. The lowest BCUT2D eigenvalue weighted by Gasteiger charge is -2.10. The molecule has 0 N–H and O–H groups in total. The van der Waals surface area contributed by atoms with Crippen LogP contribution in [0.5, 0.6) is 0 Å². The average Bonchev–Trinajstić information content (AvgIpc) is 2.93. The van der Waals surface area contributed by atoms with Gasteiger partial charge in [0.15, 0.2) is 0 Å². The zero-order valence-corrected chi connectivity index (χ0v) is 12.0. The van der Waals surface area contributed by atoms with E-state index in [1.807, 2.05) is 0 Å². The number of ether oxygens (including phenoxy) is 1. The van der Waals surface area contributed by atoms with E-state index in [4.69, 9.17) is 11.6 Å². The molecule has 112 valence electrons. The van der Waals surface area contributed by atoms with Gasteiger partial charge in [0.25, 0.3) is 6.47 Å². The van der Waals surface area contributed by atoms with Crippen molar-refractivity contribution in [2.75, 3.05) is 6.61 Å². The minimum absolute atomic E-state index is 0.0269. The van der Waals surface area contributed by atoms with Crippen molar-refractivity contribution in [2.45, 2.75) is 11.6 Å². The van der Waals surface area contributed by atoms with Gasteiger partial charge in [-0.2, -0.15) is 13.2 Å². The summed E-state index contributed by atoms with van der Waals surface area (Å²) in [4.78, 5) is 14.9. The molecule has 1 heterocycles. The number of alkyl halides is 4. The lowest BCUT2D eigenvalue weighted by atomic mass is 10.1. The van der Waals surface area contributed by atoms with Gasteiger partial charge in [0.2, 0.25) is 0 Å². The molecule has 0 saturated carbocycles. The molecule has 0 aliphatic heterocycles. The summed E-state index contributed by atoms with van der Waals surface area (Å²) in [5.74, 6) is 0. The van der Waals surface area contributed by atoms with Crippen LogP contribution in [0.4, 0.5) is 13.2 Å². The highest BCUT2D eigenvalue weighted by molar-refractivity contribution is 7.10. The number of halogens is 4. The zero-order valence-electron chi connectivity index (χ0n) is 10.4. The van der Waals surface area contributed by atoms with Gasteiger partial charge in [-0.1, -0.05) is 12.1 Å². The first-order valence-electron chi connectivity index (χ1n) is 5.74. The van der Waals surface area contributed by atoms with Gasteiger partial charge in [-0.05, 0) is 12.1 Å². The van der Waals surface area contributed by atoms with E-state index in [1.165, 1.54) is 23.5 Å². The Morgan fingerprint density at radius 3 is 2.57 bits per heavy atom. The van der Waals surface area contributed by atoms with Crippen LogP contribution >= 0.6 is 22.9 Å². The van der Waals surface area contributed by atoms with E-state index in [9.17, 15) is 18.0 Å². The molecular weight excluding hydrogens is 327 g/mol. The van der Waals surface area contributed by atoms with Gasteiger partial charge >= 0.3 is 6.18 Å². The molecule has 0 spiro atoms. The Morgan fingerprint density at radius 2 is 2.00 bits per heavy atom. The number of benzene rings is 1. The van der Waals surface area contributed by atoms with Crippen LogP contribution in [-0.4, -0.2) is 18.1 Å². The molecule has 1 aromatic carbocycles. The van der Waals surface area contributed by atoms with Crippen LogP contribution in [-0.2, 0) is 15.7 Å². The SMILES string of the molecule is O=COCC(Cl)c1scnc1-c1ccc(C(F)(F)F)cc1. The Bertz CT molecular complexity index is 613. The number of carbonyl (C=O) groups is 1. The Hall–Kier alpha value is -1.60. The molecule has 3 nitrogen and oxygen atoms in total. The lowest BCUT2D eigenvalue weighted by molar-refractivity contribution is -0.137. The molecule has 0 fully saturated rings. The second kappa shape index (κ2) is 6.44. The maximum atomic E-state index is 12.5. The van der Waals surface area contributed by atoms with Crippen LogP contribution in [0, 0.1) is 0 Å². The van der Waals surface area contributed by atoms with E-state index in [-0.39, 0.29) is 13.1 Å². The summed E-state index contributed by atoms with van der Waals surface area (Å²) < 4.78 is 42.2. The molecule has 0 saturated heterocycles. The fraction of sp³-hybridized carbons (Fsp3) is 0.231. The molecule has 1 atom stereocenters. The monoisotopic (exact) mass is 335 g/mol. The molecule has 0 aliphatic rings. The summed E-state index contributed by atoms with van der Waals surface area (Å²) in [5, 5.41) is -0.597. The quantitative estimate of drug-likeness (QED) is 0.604. The Kier molecular flexibility index (Phi) is 4.84. The van der Waals surface area contributed by atoms with E-state index in [0.29, 0.717) is 16.1 Å². The first kappa shape index (κ1) is 15.8. The number of hydrogen-bond acceptors (Lipinski definition) is 4. The predicted molar refractivity (Wildman–Crippen MR) is 73.2 cm³/mol.